The third kappa shape index (κ3) is 4.03. The predicted octanol–water partition coefficient (Wildman–Crippen LogP) is 4.65. The molecule has 0 aliphatic heterocycles. The average Bonchev–Trinajstić information content (AvgIpc) is 2.66. The fraction of sp³-hybridized carbons (Fsp3) is 0.105. The van der Waals surface area contributed by atoms with Crippen molar-refractivity contribution in [1.82, 2.24) is 9.97 Å². The molecular formula is C19H17BrN4O. The van der Waals surface area contributed by atoms with E-state index in [0.29, 0.717) is 18.1 Å². The lowest BCUT2D eigenvalue weighted by Gasteiger charge is -2.20. The van der Waals surface area contributed by atoms with Gasteiger partial charge in [-0.25, -0.2) is 9.97 Å². The predicted molar refractivity (Wildman–Crippen MR) is 103 cm³/mol. The SMILES string of the molecule is CCN(C(=O)c1cnc(Nc2ccccc2Br)nc1)c1ccccc1. The van der Waals surface area contributed by atoms with Crippen LogP contribution in [-0.4, -0.2) is 22.4 Å². The van der Waals surface area contributed by atoms with E-state index in [0.717, 1.165) is 15.8 Å². The van der Waals surface area contributed by atoms with Gasteiger partial charge >= 0.3 is 0 Å². The summed E-state index contributed by atoms with van der Waals surface area (Å²) >= 11 is 3.47. The first-order valence-corrected chi connectivity index (χ1v) is 8.69. The van der Waals surface area contributed by atoms with Gasteiger partial charge in [-0.05, 0) is 47.1 Å². The summed E-state index contributed by atoms with van der Waals surface area (Å²) in [6.07, 6.45) is 3.08. The number of aromatic nitrogens is 2. The molecule has 0 bridgehead atoms. The number of anilines is 3. The van der Waals surface area contributed by atoms with Gasteiger partial charge in [-0.1, -0.05) is 30.3 Å². The Bertz CT molecular complexity index is 853. The monoisotopic (exact) mass is 396 g/mol. The molecule has 0 atom stereocenters. The molecule has 0 saturated heterocycles. The van der Waals surface area contributed by atoms with Gasteiger partial charge in [-0.2, -0.15) is 0 Å². The lowest BCUT2D eigenvalue weighted by atomic mass is 10.2. The molecule has 6 heteroatoms. The van der Waals surface area contributed by atoms with E-state index in [4.69, 9.17) is 0 Å². The van der Waals surface area contributed by atoms with Crippen molar-refractivity contribution >= 4 is 39.2 Å². The van der Waals surface area contributed by atoms with Crippen molar-refractivity contribution in [1.29, 1.82) is 0 Å². The Morgan fingerprint density at radius 3 is 2.32 bits per heavy atom. The number of nitrogens with one attached hydrogen (secondary N) is 1. The van der Waals surface area contributed by atoms with Crippen molar-refractivity contribution < 1.29 is 4.79 Å². The van der Waals surface area contributed by atoms with Crippen molar-refractivity contribution in [2.24, 2.45) is 0 Å². The molecule has 3 aromatic rings. The Kier molecular flexibility index (Phi) is 5.40. The van der Waals surface area contributed by atoms with Gasteiger partial charge in [-0.3, -0.25) is 4.79 Å². The second-order valence-corrected chi connectivity index (χ2v) is 6.14. The lowest BCUT2D eigenvalue weighted by Crippen LogP contribution is -2.30. The number of hydrogen-bond acceptors (Lipinski definition) is 4. The maximum Gasteiger partial charge on any atom is 0.261 e. The molecule has 0 radical (unpaired) electrons. The first-order chi connectivity index (χ1) is 12.2. The fourth-order valence-corrected chi connectivity index (χ4v) is 2.78. The van der Waals surface area contributed by atoms with E-state index in [2.05, 4.69) is 31.2 Å². The number of benzene rings is 2. The van der Waals surface area contributed by atoms with Crippen LogP contribution in [-0.2, 0) is 0 Å². The highest BCUT2D eigenvalue weighted by molar-refractivity contribution is 9.10. The van der Waals surface area contributed by atoms with Gasteiger partial charge in [0.15, 0.2) is 0 Å². The van der Waals surface area contributed by atoms with Crippen molar-refractivity contribution in [3.8, 4) is 0 Å². The molecule has 1 heterocycles. The van der Waals surface area contributed by atoms with Crippen LogP contribution in [0, 0.1) is 0 Å². The highest BCUT2D eigenvalue weighted by Crippen LogP contribution is 2.23. The van der Waals surface area contributed by atoms with Crippen LogP contribution in [0.25, 0.3) is 0 Å². The van der Waals surface area contributed by atoms with E-state index in [9.17, 15) is 4.79 Å². The van der Waals surface area contributed by atoms with Crippen LogP contribution in [0.5, 0.6) is 0 Å². The number of carbonyl (C=O) groups excluding carboxylic acids is 1. The minimum Gasteiger partial charge on any atom is -0.323 e. The summed E-state index contributed by atoms with van der Waals surface area (Å²) in [6, 6.07) is 17.3. The maximum absolute atomic E-state index is 12.7. The van der Waals surface area contributed by atoms with Crippen LogP contribution in [0.3, 0.4) is 0 Å². The van der Waals surface area contributed by atoms with E-state index in [-0.39, 0.29) is 5.91 Å². The Balaban J connectivity index is 1.77. The molecular weight excluding hydrogens is 380 g/mol. The molecule has 1 amide bonds. The maximum atomic E-state index is 12.7. The zero-order valence-electron chi connectivity index (χ0n) is 13.7. The molecule has 0 fully saturated rings. The normalized spacial score (nSPS) is 10.3. The molecule has 3 rings (SSSR count). The van der Waals surface area contributed by atoms with E-state index >= 15 is 0 Å². The summed E-state index contributed by atoms with van der Waals surface area (Å²) in [4.78, 5) is 22.9. The van der Waals surface area contributed by atoms with Gasteiger partial charge in [0.05, 0.1) is 11.3 Å². The standard InChI is InChI=1S/C19H17BrN4O/c1-2-24(15-8-4-3-5-9-15)18(25)14-12-21-19(22-13-14)23-17-11-7-6-10-16(17)20/h3-13H,2H2,1H3,(H,21,22,23). The van der Waals surface area contributed by atoms with Crippen LogP contribution < -0.4 is 10.2 Å². The molecule has 0 saturated carbocycles. The highest BCUT2D eigenvalue weighted by Gasteiger charge is 2.16. The van der Waals surface area contributed by atoms with Crippen molar-refractivity contribution in [2.45, 2.75) is 6.92 Å². The van der Waals surface area contributed by atoms with Crippen LogP contribution in [0.1, 0.15) is 17.3 Å². The summed E-state index contributed by atoms with van der Waals surface area (Å²) in [5, 5.41) is 3.12. The number of rotatable bonds is 5. The Morgan fingerprint density at radius 2 is 1.68 bits per heavy atom. The first kappa shape index (κ1) is 17.1. The van der Waals surface area contributed by atoms with Crippen LogP contribution in [0.4, 0.5) is 17.3 Å². The molecule has 126 valence electrons. The summed E-state index contributed by atoms with van der Waals surface area (Å²) in [5.74, 6) is 0.312. The number of halogens is 1. The van der Waals surface area contributed by atoms with Gasteiger partial charge in [0, 0.05) is 29.1 Å². The largest absolute Gasteiger partial charge is 0.323 e. The topological polar surface area (TPSA) is 58.1 Å². The third-order valence-electron chi connectivity index (χ3n) is 3.65. The molecule has 2 aromatic carbocycles. The smallest absolute Gasteiger partial charge is 0.261 e. The van der Waals surface area contributed by atoms with Crippen molar-refractivity contribution in [3.63, 3.8) is 0 Å². The second kappa shape index (κ2) is 7.90. The van der Waals surface area contributed by atoms with Crippen LogP contribution in [0.2, 0.25) is 0 Å². The number of para-hydroxylation sites is 2. The average molecular weight is 397 g/mol. The number of nitrogens with zero attached hydrogens (tertiary/aromatic N) is 3. The van der Waals surface area contributed by atoms with Gasteiger partial charge in [0.1, 0.15) is 0 Å². The van der Waals surface area contributed by atoms with Crippen molar-refractivity contribution in [2.75, 3.05) is 16.8 Å². The zero-order valence-corrected chi connectivity index (χ0v) is 15.3. The van der Waals surface area contributed by atoms with E-state index < -0.39 is 0 Å². The minimum absolute atomic E-state index is 0.124. The molecule has 0 aliphatic carbocycles. The van der Waals surface area contributed by atoms with Gasteiger partial charge < -0.3 is 10.2 Å². The van der Waals surface area contributed by atoms with E-state index in [1.54, 1.807) is 17.3 Å². The first-order valence-electron chi connectivity index (χ1n) is 7.89. The molecule has 0 aliphatic rings. The highest BCUT2D eigenvalue weighted by atomic mass is 79.9. The van der Waals surface area contributed by atoms with Gasteiger partial charge in [0.25, 0.3) is 5.91 Å². The third-order valence-corrected chi connectivity index (χ3v) is 4.34. The number of hydrogen-bond donors (Lipinski definition) is 1. The van der Waals surface area contributed by atoms with Crippen LogP contribution in [0.15, 0.2) is 71.5 Å². The van der Waals surface area contributed by atoms with Crippen molar-refractivity contribution in [3.05, 3.63) is 77.0 Å². The molecule has 1 N–H and O–H groups in total. The summed E-state index contributed by atoms with van der Waals surface area (Å²) in [7, 11) is 0. The Labute approximate surface area is 154 Å². The lowest BCUT2D eigenvalue weighted by molar-refractivity contribution is 0.0987. The molecule has 25 heavy (non-hydrogen) atoms. The second-order valence-electron chi connectivity index (χ2n) is 5.29. The Morgan fingerprint density at radius 1 is 1.04 bits per heavy atom. The molecule has 5 nitrogen and oxygen atoms in total. The van der Waals surface area contributed by atoms with E-state index in [1.165, 1.54) is 0 Å². The summed E-state index contributed by atoms with van der Waals surface area (Å²) in [6.45, 7) is 2.51. The minimum atomic E-state index is -0.124. The van der Waals surface area contributed by atoms with Crippen LogP contribution >= 0.6 is 15.9 Å². The summed E-state index contributed by atoms with van der Waals surface area (Å²) < 4.78 is 0.917. The van der Waals surface area contributed by atoms with Gasteiger partial charge in [0.2, 0.25) is 5.95 Å². The Hall–Kier alpha value is -2.73. The number of carbonyl (C=O) groups is 1. The van der Waals surface area contributed by atoms with E-state index in [1.807, 2.05) is 61.5 Å². The zero-order chi connectivity index (χ0) is 17.6. The quantitative estimate of drug-likeness (QED) is 0.681. The molecule has 0 unspecified atom stereocenters. The van der Waals surface area contributed by atoms with Gasteiger partial charge in [-0.15, -0.1) is 0 Å². The molecule has 1 aromatic heterocycles. The fourth-order valence-electron chi connectivity index (χ4n) is 2.39. The number of amides is 1. The molecule has 0 spiro atoms. The summed E-state index contributed by atoms with van der Waals surface area (Å²) in [5.41, 5.74) is 2.16.